The number of carbonyl (C=O) groups is 2. The van der Waals surface area contributed by atoms with Crippen molar-refractivity contribution in [2.45, 2.75) is 33.2 Å². The number of rotatable bonds is 4. The molecule has 2 amide bonds. The number of hydrogen-bond donors (Lipinski definition) is 1. The molecule has 0 bridgehead atoms. The summed E-state index contributed by atoms with van der Waals surface area (Å²) in [7, 11) is 0. The van der Waals surface area contributed by atoms with Crippen molar-refractivity contribution in [1.29, 1.82) is 0 Å². The van der Waals surface area contributed by atoms with Crippen molar-refractivity contribution < 1.29 is 14.1 Å². The molecule has 1 aliphatic rings. The van der Waals surface area contributed by atoms with Gasteiger partial charge in [-0.3, -0.25) is 14.9 Å². The zero-order valence-corrected chi connectivity index (χ0v) is 16.6. The molecule has 9 heteroatoms. The SMILES string of the molecule is Cc1noc(C)c1CC(=O)N1CCc2nc(NC(=O)c3ccsc3)sc2C1. The standard InChI is InChI=1S/C18H18N4O3S2/c1-10-13(11(2)25-21-10)7-16(23)22-5-3-14-15(8-22)27-18(19-14)20-17(24)12-4-6-26-9-12/h4,6,9H,3,5,7-8H2,1-2H3,(H,19,20,24). The van der Waals surface area contributed by atoms with E-state index in [1.807, 2.05) is 24.1 Å². The number of thiazole rings is 1. The van der Waals surface area contributed by atoms with Gasteiger partial charge in [-0.2, -0.15) is 11.3 Å². The van der Waals surface area contributed by atoms with Crippen molar-refractivity contribution in [3.05, 3.63) is 50.0 Å². The van der Waals surface area contributed by atoms with Crippen LogP contribution in [0.1, 0.15) is 37.9 Å². The minimum atomic E-state index is -0.159. The van der Waals surface area contributed by atoms with E-state index in [-0.39, 0.29) is 18.2 Å². The van der Waals surface area contributed by atoms with E-state index < -0.39 is 0 Å². The molecule has 0 radical (unpaired) electrons. The van der Waals surface area contributed by atoms with E-state index in [2.05, 4.69) is 15.5 Å². The second-order valence-electron chi connectivity index (χ2n) is 6.40. The fourth-order valence-corrected chi connectivity index (χ4v) is 4.70. The molecule has 0 spiro atoms. The predicted octanol–water partition coefficient (Wildman–Crippen LogP) is 3.19. The second-order valence-corrected chi connectivity index (χ2v) is 8.26. The fraction of sp³-hybridized carbons (Fsp3) is 0.333. The Morgan fingerprint density at radius 2 is 2.22 bits per heavy atom. The van der Waals surface area contributed by atoms with Crippen LogP contribution >= 0.6 is 22.7 Å². The summed E-state index contributed by atoms with van der Waals surface area (Å²) in [5, 5.41) is 11.0. The van der Waals surface area contributed by atoms with E-state index in [0.29, 0.717) is 36.0 Å². The largest absolute Gasteiger partial charge is 0.361 e. The number of nitrogens with one attached hydrogen (secondary N) is 1. The van der Waals surface area contributed by atoms with Crippen LogP contribution in [-0.4, -0.2) is 33.4 Å². The van der Waals surface area contributed by atoms with Crippen molar-refractivity contribution in [2.75, 3.05) is 11.9 Å². The lowest BCUT2D eigenvalue weighted by molar-refractivity contribution is -0.131. The van der Waals surface area contributed by atoms with Gasteiger partial charge in [0.05, 0.1) is 29.9 Å². The highest BCUT2D eigenvalue weighted by Gasteiger charge is 2.26. The maximum absolute atomic E-state index is 12.7. The van der Waals surface area contributed by atoms with Gasteiger partial charge >= 0.3 is 0 Å². The lowest BCUT2D eigenvalue weighted by atomic mass is 10.1. The first-order chi connectivity index (χ1) is 13.0. The quantitative estimate of drug-likeness (QED) is 0.724. The number of aromatic nitrogens is 2. The van der Waals surface area contributed by atoms with Gasteiger partial charge in [-0.15, -0.1) is 0 Å². The predicted molar refractivity (Wildman–Crippen MR) is 103 cm³/mol. The average molecular weight is 403 g/mol. The van der Waals surface area contributed by atoms with Gasteiger partial charge < -0.3 is 9.42 Å². The molecular formula is C18H18N4O3S2. The van der Waals surface area contributed by atoms with Gasteiger partial charge in [-0.1, -0.05) is 16.5 Å². The first kappa shape index (κ1) is 17.9. The molecule has 27 heavy (non-hydrogen) atoms. The summed E-state index contributed by atoms with van der Waals surface area (Å²) >= 11 is 2.91. The van der Waals surface area contributed by atoms with E-state index in [4.69, 9.17) is 4.52 Å². The Bertz CT molecular complexity index is 971. The van der Waals surface area contributed by atoms with Crippen LogP contribution in [-0.2, 0) is 24.2 Å². The number of carbonyl (C=O) groups excluding carboxylic acids is 2. The maximum Gasteiger partial charge on any atom is 0.258 e. The highest BCUT2D eigenvalue weighted by Crippen LogP contribution is 2.29. The molecule has 4 heterocycles. The molecule has 1 N–H and O–H groups in total. The van der Waals surface area contributed by atoms with Crippen molar-refractivity contribution in [3.8, 4) is 0 Å². The van der Waals surface area contributed by atoms with Crippen LogP contribution < -0.4 is 5.32 Å². The van der Waals surface area contributed by atoms with Crippen LogP contribution in [0.5, 0.6) is 0 Å². The molecule has 3 aromatic heterocycles. The molecule has 4 rings (SSSR count). The number of anilines is 1. The average Bonchev–Trinajstić information content (AvgIpc) is 3.37. The minimum absolute atomic E-state index is 0.0484. The first-order valence-electron chi connectivity index (χ1n) is 8.53. The third kappa shape index (κ3) is 3.65. The fourth-order valence-electron chi connectivity index (χ4n) is 3.04. The van der Waals surface area contributed by atoms with Crippen molar-refractivity contribution >= 4 is 39.6 Å². The Morgan fingerprint density at radius 1 is 1.37 bits per heavy atom. The van der Waals surface area contributed by atoms with Gasteiger partial charge in [0.15, 0.2) is 5.13 Å². The van der Waals surface area contributed by atoms with Crippen LogP contribution in [0.25, 0.3) is 0 Å². The number of hydrogen-bond acceptors (Lipinski definition) is 7. The molecule has 0 atom stereocenters. The molecule has 1 aliphatic heterocycles. The topological polar surface area (TPSA) is 88.3 Å². The second kappa shape index (κ2) is 7.24. The molecule has 3 aromatic rings. The maximum atomic E-state index is 12.7. The summed E-state index contributed by atoms with van der Waals surface area (Å²) in [5.74, 6) is 0.579. The molecule has 0 aliphatic carbocycles. The highest BCUT2D eigenvalue weighted by atomic mass is 32.1. The third-order valence-corrected chi connectivity index (χ3v) is 6.28. The smallest absolute Gasteiger partial charge is 0.258 e. The Labute approximate surface area is 164 Å². The number of nitrogens with zero attached hydrogens (tertiary/aromatic N) is 3. The van der Waals surface area contributed by atoms with Gasteiger partial charge in [0.25, 0.3) is 5.91 Å². The number of thiophene rings is 1. The molecule has 0 unspecified atom stereocenters. The first-order valence-corrected chi connectivity index (χ1v) is 10.3. The summed E-state index contributed by atoms with van der Waals surface area (Å²) in [6.45, 7) is 4.81. The molecule has 0 saturated heterocycles. The Hall–Kier alpha value is -2.52. The highest BCUT2D eigenvalue weighted by molar-refractivity contribution is 7.16. The van der Waals surface area contributed by atoms with Crippen LogP contribution in [0, 0.1) is 13.8 Å². The molecule has 0 fully saturated rings. The summed E-state index contributed by atoms with van der Waals surface area (Å²) < 4.78 is 5.14. The minimum Gasteiger partial charge on any atom is -0.361 e. The molecule has 0 saturated carbocycles. The zero-order chi connectivity index (χ0) is 19.0. The number of aryl methyl sites for hydroxylation is 2. The van der Waals surface area contributed by atoms with Crippen LogP contribution in [0.15, 0.2) is 21.3 Å². The summed E-state index contributed by atoms with van der Waals surface area (Å²) in [4.78, 5) is 32.3. The van der Waals surface area contributed by atoms with Gasteiger partial charge in [-0.05, 0) is 25.3 Å². The lowest BCUT2D eigenvalue weighted by Gasteiger charge is -2.26. The van der Waals surface area contributed by atoms with E-state index >= 15 is 0 Å². The van der Waals surface area contributed by atoms with Gasteiger partial charge in [0.2, 0.25) is 5.91 Å². The molecular weight excluding hydrogens is 384 g/mol. The van der Waals surface area contributed by atoms with Crippen LogP contribution in [0.3, 0.4) is 0 Å². The van der Waals surface area contributed by atoms with E-state index in [1.54, 1.807) is 11.4 Å². The third-order valence-electron chi connectivity index (χ3n) is 4.60. The molecule has 0 aromatic carbocycles. The van der Waals surface area contributed by atoms with Crippen molar-refractivity contribution in [1.82, 2.24) is 15.0 Å². The van der Waals surface area contributed by atoms with Gasteiger partial charge in [-0.25, -0.2) is 4.98 Å². The normalized spacial score (nSPS) is 13.5. The lowest BCUT2D eigenvalue weighted by Crippen LogP contribution is -2.36. The Balaban J connectivity index is 1.43. The summed E-state index contributed by atoms with van der Waals surface area (Å²) in [6.07, 6.45) is 0.977. The molecule has 7 nitrogen and oxygen atoms in total. The van der Waals surface area contributed by atoms with E-state index in [1.165, 1.54) is 22.7 Å². The number of amides is 2. The summed E-state index contributed by atoms with van der Waals surface area (Å²) in [5.41, 5.74) is 3.21. The Kier molecular flexibility index (Phi) is 4.79. The van der Waals surface area contributed by atoms with Crippen molar-refractivity contribution in [3.63, 3.8) is 0 Å². The summed E-state index contributed by atoms with van der Waals surface area (Å²) in [6, 6.07) is 1.78. The Morgan fingerprint density at radius 3 is 2.93 bits per heavy atom. The van der Waals surface area contributed by atoms with Gasteiger partial charge in [0, 0.05) is 28.8 Å². The molecule has 140 valence electrons. The van der Waals surface area contributed by atoms with Gasteiger partial charge in [0.1, 0.15) is 5.76 Å². The van der Waals surface area contributed by atoms with Crippen molar-refractivity contribution in [2.24, 2.45) is 0 Å². The van der Waals surface area contributed by atoms with Crippen LogP contribution in [0.2, 0.25) is 0 Å². The monoisotopic (exact) mass is 402 g/mol. The van der Waals surface area contributed by atoms with E-state index in [9.17, 15) is 9.59 Å². The zero-order valence-electron chi connectivity index (χ0n) is 14.9. The van der Waals surface area contributed by atoms with E-state index in [0.717, 1.165) is 21.8 Å². The number of fused-ring (bicyclic) bond motifs is 1. The van der Waals surface area contributed by atoms with Crippen LogP contribution in [0.4, 0.5) is 5.13 Å².